The van der Waals surface area contributed by atoms with Crippen LogP contribution in [0, 0.1) is 6.92 Å². The van der Waals surface area contributed by atoms with Gasteiger partial charge in [0.2, 0.25) is 0 Å². The average molecular weight is 236 g/mol. The lowest BCUT2D eigenvalue weighted by Gasteiger charge is -2.03. The molecule has 0 bridgehead atoms. The van der Waals surface area contributed by atoms with Crippen LogP contribution < -0.4 is 5.43 Å². The summed E-state index contributed by atoms with van der Waals surface area (Å²) >= 11 is 0. The SMILES string of the molecule is Cc1ccc(-c2c[nH]c3ncccc3c2=O)cc1. The van der Waals surface area contributed by atoms with E-state index in [1.54, 1.807) is 24.5 Å². The molecule has 0 aliphatic rings. The van der Waals surface area contributed by atoms with Gasteiger partial charge in [-0.05, 0) is 24.6 Å². The molecule has 3 aromatic rings. The van der Waals surface area contributed by atoms with Gasteiger partial charge in [-0.2, -0.15) is 0 Å². The van der Waals surface area contributed by atoms with E-state index in [1.165, 1.54) is 5.56 Å². The molecule has 3 nitrogen and oxygen atoms in total. The molecule has 1 N–H and O–H groups in total. The number of aromatic amines is 1. The van der Waals surface area contributed by atoms with Crippen molar-refractivity contribution in [1.82, 2.24) is 9.97 Å². The third-order valence-electron chi connectivity index (χ3n) is 3.01. The number of aromatic nitrogens is 2. The van der Waals surface area contributed by atoms with Crippen molar-refractivity contribution in [2.24, 2.45) is 0 Å². The number of nitrogens with zero attached hydrogens (tertiary/aromatic N) is 1. The number of fused-ring (bicyclic) bond motifs is 1. The average Bonchev–Trinajstić information content (AvgIpc) is 2.41. The van der Waals surface area contributed by atoms with Crippen LogP contribution in [0.1, 0.15) is 5.56 Å². The fourth-order valence-electron chi connectivity index (χ4n) is 2.00. The zero-order valence-electron chi connectivity index (χ0n) is 9.97. The fraction of sp³-hybridized carbons (Fsp3) is 0.0667. The van der Waals surface area contributed by atoms with Gasteiger partial charge in [-0.15, -0.1) is 0 Å². The van der Waals surface area contributed by atoms with Gasteiger partial charge >= 0.3 is 0 Å². The van der Waals surface area contributed by atoms with Crippen molar-refractivity contribution in [3.05, 3.63) is 64.6 Å². The van der Waals surface area contributed by atoms with Crippen LogP contribution in [0.3, 0.4) is 0 Å². The molecule has 0 aliphatic carbocycles. The molecule has 0 saturated heterocycles. The minimum atomic E-state index is 0.0145. The van der Waals surface area contributed by atoms with Crippen molar-refractivity contribution in [2.45, 2.75) is 6.92 Å². The lowest BCUT2D eigenvalue weighted by molar-refractivity contribution is 1.28. The van der Waals surface area contributed by atoms with Crippen LogP contribution in [0.4, 0.5) is 0 Å². The van der Waals surface area contributed by atoms with E-state index in [0.717, 1.165) is 5.56 Å². The van der Waals surface area contributed by atoms with Crippen molar-refractivity contribution in [3.63, 3.8) is 0 Å². The van der Waals surface area contributed by atoms with Gasteiger partial charge in [0.15, 0.2) is 5.43 Å². The zero-order chi connectivity index (χ0) is 12.5. The molecule has 0 unspecified atom stereocenters. The molecule has 0 radical (unpaired) electrons. The first-order valence-electron chi connectivity index (χ1n) is 5.79. The molecule has 2 heterocycles. The second-order valence-electron chi connectivity index (χ2n) is 4.30. The van der Waals surface area contributed by atoms with E-state index in [4.69, 9.17) is 0 Å². The quantitative estimate of drug-likeness (QED) is 0.706. The Labute approximate surface area is 104 Å². The summed E-state index contributed by atoms with van der Waals surface area (Å²) in [7, 11) is 0. The third kappa shape index (κ3) is 1.70. The molecule has 0 saturated carbocycles. The molecular weight excluding hydrogens is 224 g/mol. The summed E-state index contributed by atoms with van der Waals surface area (Å²) in [6.45, 7) is 2.03. The number of rotatable bonds is 1. The summed E-state index contributed by atoms with van der Waals surface area (Å²) in [6, 6.07) is 11.5. The van der Waals surface area contributed by atoms with Gasteiger partial charge in [0.25, 0.3) is 0 Å². The highest BCUT2D eigenvalue weighted by Crippen LogP contribution is 2.17. The lowest BCUT2D eigenvalue weighted by atomic mass is 10.0. The van der Waals surface area contributed by atoms with Gasteiger partial charge < -0.3 is 4.98 Å². The van der Waals surface area contributed by atoms with E-state index in [0.29, 0.717) is 16.6 Å². The van der Waals surface area contributed by atoms with E-state index in [-0.39, 0.29) is 5.43 Å². The van der Waals surface area contributed by atoms with Crippen LogP contribution >= 0.6 is 0 Å². The summed E-state index contributed by atoms with van der Waals surface area (Å²) in [5.74, 6) is 0. The Morgan fingerprint density at radius 3 is 2.67 bits per heavy atom. The van der Waals surface area contributed by atoms with Crippen LogP contribution in [0.15, 0.2) is 53.6 Å². The molecule has 0 fully saturated rings. The van der Waals surface area contributed by atoms with Crippen LogP contribution in [0.25, 0.3) is 22.2 Å². The molecule has 0 amide bonds. The standard InChI is InChI=1S/C15H12N2O/c1-10-4-6-11(7-5-10)13-9-17-15-12(14(13)18)3-2-8-16-15/h2-9H,1H3,(H,16,17,18). The minimum Gasteiger partial charge on any atom is -0.345 e. The maximum absolute atomic E-state index is 12.4. The second kappa shape index (κ2) is 4.11. The largest absolute Gasteiger partial charge is 0.345 e. The molecule has 0 spiro atoms. The first kappa shape index (κ1) is 10.7. The highest BCUT2D eigenvalue weighted by Gasteiger charge is 2.06. The van der Waals surface area contributed by atoms with E-state index in [1.807, 2.05) is 31.2 Å². The number of benzene rings is 1. The Kier molecular flexibility index (Phi) is 2.45. The Morgan fingerprint density at radius 2 is 1.89 bits per heavy atom. The number of aryl methyl sites for hydroxylation is 1. The van der Waals surface area contributed by atoms with Crippen LogP contribution in [-0.2, 0) is 0 Å². The predicted molar refractivity (Wildman–Crippen MR) is 72.5 cm³/mol. The fourth-order valence-corrected chi connectivity index (χ4v) is 2.00. The van der Waals surface area contributed by atoms with Crippen molar-refractivity contribution >= 4 is 11.0 Å². The van der Waals surface area contributed by atoms with Gasteiger partial charge in [0, 0.05) is 18.0 Å². The van der Waals surface area contributed by atoms with E-state index >= 15 is 0 Å². The van der Waals surface area contributed by atoms with E-state index in [2.05, 4.69) is 9.97 Å². The zero-order valence-corrected chi connectivity index (χ0v) is 9.97. The summed E-state index contributed by atoms with van der Waals surface area (Å²) in [5.41, 5.74) is 3.42. The lowest BCUT2D eigenvalue weighted by Crippen LogP contribution is -2.06. The van der Waals surface area contributed by atoms with Gasteiger partial charge in [0.05, 0.1) is 5.39 Å². The van der Waals surface area contributed by atoms with E-state index < -0.39 is 0 Å². The van der Waals surface area contributed by atoms with Gasteiger partial charge in [0.1, 0.15) is 5.65 Å². The van der Waals surface area contributed by atoms with Crippen LogP contribution in [0.2, 0.25) is 0 Å². The first-order valence-corrected chi connectivity index (χ1v) is 5.79. The highest BCUT2D eigenvalue weighted by atomic mass is 16.1. The van der Waals surface area contributed by atoms with Gasteiger partial charge in [-0.25, -0.2) is 4.98 Å². The summed E-state index contributed by atoms with van der Waals surface area (Å²) < 4.78 is 0. The molecule has 0 aliphatic heterocycles. The molecule has 1 aromatic carbocycles. The normalized spacial score (nSPS) is 10.7. The van der Waals surface area contributed by atoms with Crippen molar-refractivity contribution in [3.8, 4) is 11.1 Å². The predicted octanol–water partition coefficient (Wildman–Crippen LogP) is 2.90. The summed E-state index contributed by atoms with van der Waals surface area (Å²) in [6.07, 6.45) is 3.39. The summed E-state index contributed by atoms with van der Waals surface area (Å²) in [5, 5.41) is 0.621. The van der Waals surface area contributed by atoms with Gasteiger partial charge in [-0.3, -0.25) is 4.79 Å². The molecule has 2 aromatic heterocycles. The number of pyridine rings is 2. The van der Waals surface area contributed by atoms with E-state index in [9.17, 15) is 4.79 Å². The Balaban J connectivity index is 2.27. The van der Waals surface area contributed by atoms with Gasteiger partial charge in [-0.1, -0.05) is 29.8 Å². The maximum Gasteiger partial charge on any atom is 0.198 e. The molecule has 18 heavy (non-hydrogen) atoms. The molecule has 3 rings (SSSR count). The topological polar surface area (TPSA) is 45.8 Å². The molecule has 3 heteroatoms. The smallest absolute Gasteiger partial charge is 0.198 e. The molecule has 88 valence electrons. The first-order chi connectivity index (χ1) is 8.75. The van der Waals surface area contributed by atoms with Crippen LogP contribution in [-0.4, -0.2) is 9.97 Å². The Hall–Kier alpha value is -2.42. The monoisotopic (exact) mass is 236 g/mol. The number of hydrogen-bond donors (Lipinski definition) is 1. The molecular formula is C15H12N2O. The summed E-state index contributed by atoms with van der Waals surface area (Å²) in [4.78, 5) is 19.6. The van der Waals surface area contributed by atoms with Crippen molar-refractivity contribution in [2.75, 3.05) is 0 Å². The maximum atomic E-state index is 12.4. The van der Waals surface area contributed by atoms with Crippen molar-refractivity contribution < 1.29 is 0 Å². The Bertz CT molecular complexity index is 757. The number of H-pyrrole nitrogens is 1. The number of hydrogen-bond acceptors (Lipinski definition) is 2. The Morgan fingerprint density at radius 1 is 1.11 bits per heavy atom. The second-order valence-corrected chi connectivity index (χ2v) is 4.30. The van der Waals surface area contributed by atoms with Crippen molar-refractivity contribution in [1.29, 1.82) is 0 Å². The molecule has 0 atom stereocenters. The third-order valence-corrected chi connectivity index (χ3v) is 3.01. The van der Waals surface area contributed by atoms with Crippen LogP contribution in [0.5, 0.6) is 0 Å². The number of nitrogens with one attached hydrogen (secondary N) is 1. The highest BCUT2D eigenvalue weighted by molar-refractivity contribution is 5.80. The minimum absolute atomic E-state index is 0.0145.